The average Bonchev–Trinajstić information content (AvgIpc) is 2.40. The second-order valence-corrected chi connectivity index (χ2v) is 6.46. The van der Waals surface area contributed by atoms with Gasteiger partial charge < -0.3 is 11.1 Å². The number of nitrogens with two attached hydrogens (primary N) is 1. The van der Waals surface area contributed by atoms with Crippen LogP contribution in [0.5, 0.6) is 0 Å². The van der Waals surface area contributed by atoms with Gasteiger partial charge in [-0.25, -0.2) is 0 Å². The van der Waals surface area contributed by atoms with E-state index in [-0.39, 0.29) is 5.54 Å². The van der Waals surface area contributed by atoms with E-state index in [0.29, 0.717) is 0 Å². The summed E-state index contributed by atoms with van der Waals surface area (Å²) in [5, 5.41) is 3.43. The van der Waals surface area contributed by atoms with Crippen LogP contribution in [0.25, 0.3) is 0 Å². The normalized spacial score (nSPS) is 24.8. The molecule has 2 rings (SSSR count). The monoisotopic (exact) mass is 269 g/mol. The highest BCUT2D eigenvalue weighted by molar-refractivity contribution is 4.89. The molecule has 3 N–H and O–H groups in total. The molecule has 5 heteroatoms. The molecule has 2 fully saturated rings. The summed E-state index contributed by atoms with van der Waals surface area (Å²) in [6.07, 6.45) is 0. The van der Waals surface area contributed by atoms with Crippen molar-refractivity contribution in [3.63, 3.8) is 0 Å². The van der Waals surface area contributed by atoms with Crippen LogP contribution in [0, 0.1) is 0 Å². The van der Waals surface area contributed by atoms with Crippen molar-refractivity contribution in [2.75, 3.05) is 72.0 Å². The molecular weight excluding hydrogens is 238 g/mol. The fourth-order valence-electron chi connectivity index (χ4n) is 3.28. The number of piperazine rings is 2. The standard InChI is InChI=1S/C14H31N5/c1-14(2,13-18-7-4-16-5-8-18)19-11-9-17(6-3-15)10-12-19/h16H,3-13,15H2,1-2H3. The van der Waals surface area contributed by atoms with Gasteiger partial charge >= 0.3 is 0 Å². The van der Waals surface area contributed by atoms with Crippen molar-refractivity contribution in [2.45, 2.75) is 19.4 Å². The first-order chi connectivity index (χ1) is 9.12. The summed E-state index contributed by atoms with van der Waals surface area (Å²) in [5.74, 6) is 0. The lowest BCUT2D eigenvalue weighted by atomic mass is 10.00. The summed E-state index contributed by atoms with van der Waals surface area (Å²) >= 11 is 0. The summed E-state index contributed by atoms with van der Waals surface area (Å²) in [6, 6.07) is 0. The van der Waals surface area contributed by atoms with E-state index in [4.69, 9.17) is 5.73 Å². The number of rotatable bonds is 5. The van der Waals surface area contributed by atoms with Gasteiger partial charge in [0.05, 0.1) is 0 Å². The van der Waals surface area contributed by atoms with Crippen molar-refractivity contribution < 1.29 is 0 Å². The molecular formula is C14H31N5. The van der Waals surface area contributed by atoms with E-state index in [1.54, 1.807) is 0 Å². The first-order valence-electron chi connectivity index (χ1n) is 7.72. The molecule has 2 aliphatic rings. The minimum absolute atomic E-state index is 0.284. The molecule has 0 bridgehead atoms. The van der Waals surface area contributed by atoms with Gasteiger partial charge in [0.2, 0.25) is 0 Å². The van der Waals surface area contributed by atoms with Gasteiger partial charge in [-0.2, -0.15) is 0 Å². The summed E-state index contributed by atoms with van der Waals surface area (Å²) in [4.78, 5) is 7.74. The first kappa shape index (κ1) is 15.2. The van der Waals surface area contributed by atoms with Crippen LogP contribution in [0.2, 0.25) is 0 Å². The summed E-state index contributed by atoms with van der Waals surface area (Å²) in [6.45, 7) is 17.2. The minimum Gasteiger partial charge on any atom is -0.329 e. The molecule has 0 saturated carbocycles. The molecule has 0 radical (unpaired) electrons. The van der Waals surface area contributed by atoms with Crippen LogP contribution in [0.1, 0.15) is 13.8 Å². The van der Waals surface area contributed by atoms with E-state index in [0.717, 1.165) is 26.2 Å². The zero-order valence-electron chi connectivity index (χ0n) is 12.7. The Bertz CT molecular complexity index is 255. The third-order valence-electron chi connectivity index (χ3n) is 4.49. The summed E-state index contributed by atoms with van der Waals surface area (Å²) < 4.78 is 0. The molecule has 0 amide bonds. The Balaban J connectivity index is 1.79. The van der Waals surface area contributed by atoms with Crippen LogP contribution in [-0.2, 0) is 0 Å². The Morgan fingerprint density at radius 1 is 0.947 bits per heavy atom. The van der Waals surface area contributed by atoms with E-state index in [2.05, 4.69) is 33.9 Å². The SMILES string of the molecule is CC(C)(CN1CCNCC1)N1CCN(CCN)CC1. The van der Waals surface area contributed by atoms with Crippen LogP contribution >= 0.6 is 0 Å². The lowest BCUT2D eigenvalue weighted by molar-refractivity contribution is 0.0270. The number of nitrogens with one attached hydrogen (secondary N) is 1. The number of nitrogens with zero attached hydrogens (tertiary/aromatic N) is 3. The van der Waals surface area contributed by atoms with Crippen LogP contribution in [0.15, 0.2) is 0 Å². The molecule has 0 aromatic heterocycles. The highest BCUT2D eigenvalue weighted by Crippen LogP contribution is 2.18. The Labute approximate surface area is 118 Å². The van der Waals surface area contributed by atoms with Gasteiger partial charge in [-0.05, 0) is 13.8 Å². The quantitative estimate of drug-likeness (QED) is 0.687. The molecule has 112 valence electrons. The van der Waals surface area contributed by atoms with Crippen molar-refractivity contribution >= 4 is 0 Å². The second kappa shape index (κ2) is 6.99. The Hall–Kier alpha value is -0.200. The molecule has 0 aliphatic carbocycles. The zero-order valence-corrected chi connectivity index (χ0v) is 12.7. The van der Waals surface area contributed by atoms with E-state index in [1.807, 2.05) is 0 Å². The highest BCUT2D eigenvalue weighted by atomic mass is 15.3. The van der Waals surface area contributed by atoms with Crippen LogP contribution in [0.3, 0.4) is 0 Å². The summed E-state index contributed by atoms with van der Waals surface area (Å²) in [7, 11) is 0. The molecule has 19 heavy (non-hydrogen) atoms. The van der Waals surface area contributed by atoms with Gasteiger partial charge in [-0.1, -0.05) is 0 Å². The lowest BCUT2D eigenvalue weighted by Gasteiger charge is -2.46. The Morgan fingerprint density at radius 3 is 2.16 bits per heavy atom. The first-order valence-corrected chi connectivity index (χ1v) is 7.72. The van der Waals surface area contributed by atoms with Crippen molar-refractivity contribution in [3.8, 4) is 0 Å². The Morgan fingerprint density at radius 2 is 1.58 bits per heavy atom. The maximum Gasteiger partial charge on any atom is 0.0281 e. The second-order valence-electron chi connectivity index (χ2n) is 6.46. The molecule has 0 spiro atoms. The molecule has 2 aliphatic heterocycles. The van der Waals surface area contributed by atoms with Gasteiger partial charge in [0.15, 0.2) is 0 Å². The molecule has 0 aromatic carbocycles. The smallest absolute Gasteiger partial charge is 0.0281 e. The summed E-state index contributed by atoms with van der Waals surface area (Å²) in [5.41, 5.74) is 5.92. The van der Waals surface area contributed by atoms with Crippen molar-refractivity contribution in [2.24, 2.45) is 5.73 Å². The number of hydrogen-bond donors (Lipinski definition) is 2. The van der Waals surface area contributed by atoms with Crippen LogP contribution < -0.4 is 11.1 Å². The molecule has 0 unspecified atom stereocenters. The number of hydrogen-bond acceptors (Lipinski definition) is 5. The van der Waals surface area contributed by atoms with E-state index >= 15 is 0 Å². The Kier molecular flexibility index (Phi) is 5.59. The molecule has 0 aromatic rings. The average molecular weight is 269 g/mol. The van der Waals surface area contributed by atoms with Gasteiger partial charge in [0, 0.05) is 77.5 Å². The third-order valence-corrected chi connectivity index (χ3v) is 4.49. The minimum atomic E-state index is 0.284. The largest absolute Gasteiger partial charge is 0.329 e. The van der Waals surface area contributed by atoms with Crippen molar-refractivity contribution in [1.82, 2.24) is 20.0 Å². The van der Waals surface area contributed by atoms with E-state index in [9.17, 15) is 0 Å². The van der Waals surface area contributed by atoms with Crippen LogP contribution in [-0.4, -0.2) is 92.2 Å². The maximum atomic E-state index is 5.64. The predicted molar refractivity (Wildman–Crippen MR) is 80.5 cm³/mol. The van der Waals surface area contributed by atoms with Crippen LogP contribution in [0.4, 0.5) is 0 Å². The highest BCUT2D eigenvalue weighted by Gasteiger charge is 2.31. The predicted octanol–water partition coefficient (Wildman–Crippen LogP) is -0.753. The van der Waals surface area contributed by atoms with Gasteiger partial charge in [-0.3, -0.25) is 14.7 Å². The molecule has 2 heterocycles. The van der Waals surface area contributed by atoms with E-state index in [1.165, 1.54) is 45.8 Å². The zero-order chi connectivity index (χ0) is 13.7. The van der Waals surface area contributed by atoms with Crippen molar-refractivity contribution in [3.05, 3.63) is 0 Å². The molecule has 5 nitrogen and oxygen atoms in total. The maximum absolute atomic E-state index is 5.64. The third kappa shape index (κ3) is 4.39. The van der Waals surface area contributed by atoms with Gasteiger partial charge in [-0.15, -0.1) is 0 Å². The topological polar surface area (TPSA) is 47.8 Å². The lowest BCUT2D eigenvalue weighted by Crippen LogP contribution is -2.60. The van der Waals surface area contributed by atoms with Crippen molar-refractivity contribution in [1.29, 1.82) is 0 Å². The fraction of sp³-hybridized carbons (Fsp3) is 1.00. The molecule has 2 saturated heterocycles. The fourth-order valence-corrected chi connectivity index (χ4v) is 3.28. The van der Waals surface area contributed by atoms with Gasteiger partial charge in [0.1, 0.15) is 0 Å². The van der Waals surface area contributed by atoms with Gasteiger partial charge in [0.25, 0.3) is 0 Å². The van der Waals surface area contributed by atoms with E-state index < -0.39 is 0 Å². The molecule has 0 atom stereocenters.